The first-order chi connectivity index (χ1) is 24.1. The number of nitrogens with one attached hydrogen (secondary N) is 2. The van der Waals surface area contributed by atoms with Crippen molar-refractivity contribution in [3.63, 3.8) is 0 Å². The number of nitrogens with two attached hydrogens (primary N) is 2. The van der Waals surface area contributed by atoms with Crippen LogP contribution >= 0.6 is 0 Å². The number of carbonyl (C=O) groups excluding carboxylic acids is 3. The quantitative estimate of drug-likeness (QED) is 0.124. The molecule has 15 nitrogen and oxygen atoms in total. The van der Waals surface area contributed by atoms with Crippen molar-refractivity contribution < 1.29 is 14.4 Å². The van der Waals surface area contributed by atoms with Gasteiger partial charge in [0.2, 0.25) is 17.8 Å². The number of benzene rings is 2. The third-order valence-electron chi connectivity index (χ3n) is 8.64. The summed E-state index contributed by atoms with van der Waals surface area (Å²) in [5, 5.41) is 14.8. The number of para-hydroxylation sites is 1. The number of primary amides is 1. The molecule has 0 aliphatic rings. The topological polar surface area (TPSA) is 199 Å². The van der Waals surface area contributed by atoms with Gasteiger partial charge in [-0.2, -0.15) is 10.2 Å². The molecule has 0 aliphatic heterocycles. The number of nitrogens with zero attached hydrogens (tertiary/aromatic N) is 8. The molecular weight excluding hydrogens is 636 g/mol. The Morgan fingerprint density at radius 2 is 1.34 bits per heavy atom. The van der Waals surface area contributed by atoms with Gasteiger partial charge < -0.3 is 20.6 Å². The highest BCUT2D eigenvalue weighted by Crippen LogP contribution is 2.26. The number of anilines is 2. The van der Waals surface area contributed by atoms with Gasteiger partial charge in [0.15, 0.2) is 0 Å². The van der Waals surface area contributed by atoms with E-state index in [1.165, 1.54) is 0 Å². The number of aromatic nitrogens is 8. The van der Waals surface area contributed by atoms with Crippen molar-refractivity contribution in [1.82, 2.24) is 38.7 Å². The first kappa shape index (κ1) is 34.0. The maximum atomic E-state index is 13.5. The number of hydrogen-bond donors (Lipinski definition) is 4. The van der Waals surface area contributed by atoms with Crippen LogP contribution in [-0.2, 0) is 32.6 Å². The molecule has 0 unspecified atom stereocenters. The molecule has 0 radical (unpaired) electrons. The van der Waals surface area contributed by atoms with Gasteiger partial charge in [0, 0.05) is 31.7 Å². The predicted octanol–water partition coefficient (Wildman–Crippen LogP) is 4.02. The smallest absolute Gasteiger partial charge is 0.276 e. The second-order valence-corrected chi connectivity index (χ2v) is 12.2. The van der Waals surface area contributed by atoms with Gasteiger partial charge in [0.25, 0.3) is 11.8 Å². The van der Waals surface area contributed by atoms with Crippen LogP contribution in [0.5, 0.6) is 0 Å². The van der Waals surface area contributed by atoms with E-state index in [9.17, 15) is 14.4 Å². The molecule has 0 fully saturated rings. The highest BCUT2D eigenvalue weighted by atomic mass is 16.2. The Labute approximate surface area is 288 Å². The van der Waals surface area contributed by atoms with Crippen LogP contribution in [0, 0.1) is 13.8 Å². The summed E-state index contributed by atoms with van der Waals surface area (Å²) in [6, 6.07) is 14.5. The van der Waals surface area contributed by atoms with Crippen molar-refractivity contribution in [3.05, 3.63) is 82.4 Å². The monoisotopic (exact) mass is 678 g/mol. The Balaban J connectivity index is 1.27. The van der Waals surface area contributed by atoms with E-state index < -0.39 is 5.91 Å². The van der Waals surface area contributed by atoms with Crippen LogP contribution in [0.15, 0.2) is 48.5 Å². The lowest BCUT2D eigenvalue weighted by atomic mass is 10.1. The second kappa shape index (κ2) is 14.3. The Kier molecular flexibility index (Phi) is 9.76. The maximum absolute atomic E-state index is 13.5. The average Bonchev–Trinajstić information content (AvgIpc) is 3.85. The molecule has 6 rings (SSSR count). The molecule has 2 aromatic carbocycles. The van der Waals surface area contributed by atoms with Gasteiger partial charge >= 0.3 is 0 Å². The minimum absolute atomic E-state index is 0.287. The Bertz CT molecular complexity index is 2220. The summed E-state index contributed by atoms with van der Waals surface area (Å²) >= 11 is 0. The van der Waals surface area contributed by atoms with Gasteiger partial charge in [-0.3, -0.25) is 34.4 Å². The minimum atomic E-state index is -0.561. The lowest BCUT2D eigenvalue weighted by Gasteiger charge is -2.13. The summed E-state index contributed by atoms with van der Waals surface area (Å²) in [5.74, 6) is -0.391. The molecule has 4 aromatic heterocycles. The number of fused-ring (bicyclic) bond motifs is 2. The molecule has 0 bridgehead atoms. The third kappa shape index (κ3) is 6.72. The van der Waals surface area contributed by atoms with E-state index in [0.29, 0.717) is 86.4 Å². The van der Waals surface area contributed by atoms with Gasteiger partial charge in [-0.05, 0) is 95.5 Å². The van der Waals surface area contributed by atoms with Crippen molar-refractivity contribution >= 4 is 51.7 Å². The van der Waals surface area contributed by atoms with Gasteiger partial charge in [0.1, 0.15) is 11.4 Å². The van der Waals surface area contributed by atoms with Crippen LogP contribution in [0.1, 0.15) is 75.0 Å². The lowest BCUT2D eigenvalue weighted by Crippen LogP contribution is -2.20. The Morgan fingerprint density at radius 3 is 1.90 bits per heavy atom. The molecule has 6 N–H and O–H groups in total. The number of carbonyl (C=O) groups is 3. The zero-order valence-electron chi connectivity index (χ0n) is 28.7. The summed E-state index contributed by atoms with van der Waals surface area (Å²) < 4.78 is 7.27. The van der Waals surface area contributed by atoms with Crippen molar-refractivity contribution in [3.8, 4) is 0 Å². The van der Waals surface area contributed by atoms with Crippen molar-refractivity contribution in [2.75, 3.05) is 17.2 Å². The number of aryl methyl sites for hydroxylation is 6. The SMILES string of the molecule is CCn1nc(C)cc1C(=O)Nc1nc2cc(C(N)=O)ccc2n1CCCCn1c(NC(=O)c2cc(C)nn2CC)nc2c(CCN)cccc21. The van der Waals surface area contributed by atoms with Crippen LogP contribution in [0.3, 0.4) is 0 Å². The molecular formula is C35H42N12O3. The standard InChI is InChI=1S/C35H42N12O3/c1-5-46-28(18-21(3)42-46)32(49)40-34-38-25-20-24(31(37)48)12-13-26(25)44(34)16-7-8-17-45-27-11-9-10-23(14-15-36)30(27)39-35(45)41-33(50)29-19-22(4)43-47(29)6-2/h9-13,18-20H,5-8,14-17,36H2,1-4H3,(H2,37,48)(H,38,40,49)(H,39,41,50). The molecule has 0 saturated heterocycles. The molecule has 0 atom stereocenters. The first-order valence-corrected chi connectivity index (χ1v) is 16.8. The zero-order chi connectivity index (χ0) is 35.5. The van der Waals surface area contributed by atoms with E-state index in [2.05, 4.69) is 25.8 Å². The molecule has 4 heterocycles. The summed E-state index contributed by atoms with van der Waals surface area (Å²) in [7, 11) is 0. The van der Waals surface area contributed by atoms with Crippen LogP contribution in [-0.4, -0.2) is 62.9 Å². The van der Waals surface area contributed by atoms with Gasteiger partial charge in [-0.1, -0.05) is 12.1 Å². The number of rotatable bonds is 14. The van der Waals surface area contributed by atoms with Gasteiger partial charge in [-0.25, -0.2) is 9.97 Å². The molecule has 0 aliphatic carbocycles. The maximum Gasteiger partial charge on any atom is 0.276 e. The highest BCUT2D eigenvalue weighted by molar-refractivity contribution is 6.04. The fraction of sp³-hybridized carbons (Fsp3) is 0.343. The molecule has 15 heteroatoms. The Morgan fingerprint density at radius 1 is 0.760 bits per heavy atom. The number of hydrogen-bond acceptors (Lipinski definition) is 8. The third-order valence-corrected chi connectivity index (χ3v) is 8.64. The van der Waals surface area contributed by atoms with Crippen molar-refractivity contribution in [2.24, 2.45) is 11.5 Å². The Hall–Kier alpha value is -5.83. The molecule has 50 heavy (non-hydrogen) atoms. The molecule has 6 aromatic rings. The van der Waals surface area contributed by atoms with Crippen LogP contribution in [0.2, 0.25) is 0 Å². The number of unbranched alkanes of at least 4 members (excludes halogenated alkanes) is 1. The normalized spacial score (nSPS) is 11.5. The van der Waals surface area contributed by atoms with E-state index in [1.54, 1.807) is 39.7 Å². The number of imidazole rings is 2. The summed E-state index contributed by atoms with van der Waals surface area (Å²) in [6.45, 7) is 10.2. The average molecular weight is 679 g/mol. The summed E-state index contributed by atoms with van der Waals surface area (Å²) in [6.07, 6.45) is 2.05. The first-order valence-electron chi connectivity index (χ1n) is 16.8. The largest absolute Gasteiger partial charge is 0.366 e. The van der Waals surface area contributed by atoms with Crippen LogP contribution in [0.25, 0.3) is 22.1 Å². The van der Waals surface area contributed by atoms with E-state index >= 15 is 0 Å². The van der Waals surface area contributed by atoms with Crippen molar-refractivity contribution in [2.45, 2.75) is 73.1 Å². The fourth-order valence-electron chi connectivity index (χ4n) is 6.30. The van der Waals surface area contributed by atoms with Gasteiger partial charge in [0.05, 0.1) is 33.5 Å². The minimum Gasteiger partial charge on any atom is -0.366 e. The molecule has 260 valence electrons. The van der Waals surface area contributed by atoms with Crippen LogP contribution in [0.4, 0.5) is 11.9 Å². The molecule has 0 spiro atoms. The highest BCUT2D eigenvalue weighted by Gasteiger charge is 2.21. The van der Waals surface area contributed by atoms with Gasteiger partial charge in [-0.15, -0.1) is 0 Å². The second-order valence-electron chi connectivity index (χ2n) is 12.2. The summed E-state index contributed by atoms with van der Waals surface area (Å²) in [5.41, 5.74) is 18.2. The molecule has 0 saturated carbocycles. The van der Waals surface area contributed by atoms with Crippen LogP contribution < -0.4 is 22.1 Å². The van der Waals surface area contributed by atoms with E-state index in [4.69, 9.17) is 16.5 Å². The van der Waals surface area contributed by atoms with E-state index in [1.807, 2.05) is 55.0 Å². The zero-order valence-corrected chi connectivity index (χ0v) is 28.7. The molecule has 3 amide bonds. The fourth-order valence-corrected chi connectivity index (χ4v) is 6.30. The van der Waals surface area contributed by atoms with Crippen molar-refractivity contribution in [1.29, 1.82) is 0 Å². The lowest BCUT2D eigenvalue weighted by molar-refractivity contribution is 0.0995. The summed E-state index contributed by atoms with van der Waals surface area (Å²) in [4.78, 5) is 48.4. The predicted molar refractivity (Wildman–Crippen MR) is 191 cm³/mol. The van der Waals surface area contributed by atoms with E-state index in [-0.39, 0.29) is 11.8 Å². The number of amides is 3. The van der Waals surface area contributed by atoms with E-state index in [0.717, 1.165) is 33.5 Å².